The summed E-state index contributed by atoms with van der Waals surface area (Å²) in [5, 5.41) is 11.1. The highest BCUT2D eigenvalue weighted by molar-refractivity contribution is 6.33. The number of rotatable bonds is 3. The molecule has 0 saturated carbocycles. The van der Waals surface area contributed by atoms with Gasteiger partial charge in [0.05, 0.1) is 10.5 Å². The lowest BCUT2D eigenvalue weighted by atomic mass is 9.91. The Morgan fingerprint density at radius 1 is 1.00 bits per heavy atom. The topological polar surface area (TPSA) is 66.6 Å². The average molecular weight is 497 g/mol. The van der Waals surface area contributed by atoms with E-state index < -0.39 is 0 Å². The van der Waals surface area contributed by atoms with Gasteiger partial charge in [0, 0.05) is 48.6 Å². The lowest BCUT2D eigenvalue weighted by molar-refractivity contribution is -0.133. The first-order valence-electron chi connectivity index (χ1n) is 11.3. The number of carbonyl (C=O) groups is 1. The fourth-order valence-electron chi connectivity index (χ4n) is 4.34. The predicted molar refractivity (Wildman–Crippen MR) is 137 cm³/mol. The van der Waals surface area contributed by atoms with Crippen LogP contribution in [0.4, 0.5) is 5.95 Å². The minimum atomic E-state index is -0.0358. The number of carbonyl (C=O) groups excluding carboxylic acids is 1. The first kappa shape index (κ1) is 22.9. The Labute approximate surface area is 208 Å². The second kappa shape index (κ2) is 8.71. The standard InChI is InChI=1S/C25H26Cl2N6O/c1-25(2,3)15-21(34)31-10-12-32(13-11-31)24-28-20-14-16(26)8-9-18(20)23-30-29-22(33(23)24)17-6-4-5-7-19(17)27/h4-9,14H,10-13,15H2,1-3H3. The van der Waals surface area contributed by atoms with Gasteiger partial charge in [-0.05, 0) is 35.7 Å². The molecule has 5 rings (SSSR count). The fraction of sp³-hybridized carbons (Fsp3) is 0.360. The van der Waals surface area contributed by atoms with E-state index in [1.165, 1.54) is 0 Å². The van der Waals surface area contributed by atoms with Crippen LogP contribution in [-0.4, -0.2) is 56.6 Å². The van der Waals surface area contributed by atoms with Crippen molar-refractivity contribution >= 4 is 51.6 Å². The maximum absolute atomic E-state index is 12.8. The van der Waals surface area contributed by atoms with Crippen LogP contribution in [0.1, 0.15) is 27.2 Å². The van der Waals surface area contributed by atoms with Crippen molar-refractivity contribution in [1.82, 2.24) is 24.5 Å². The van der Waals surface area contributed by atoms with E-state index in [1.54, 1.807) is 0 Å². The molecule has 4 aromatic rings. The van der Waals surface area contributed by atoms with E-state index in [9.17, 15) is 4.79 Å². The highest BCUT2D eigenvalue weighted by atomic mass is 35.5. The minimum Gasteiger partial charge on any atom is -0.339 e. The van der Waals surface area contributed by atoms with Gasteiger partial charge in [0.1, 0.15) is 0 Å². The van der Waals surface area contributed by atoms with E-state index in [0.717, 1.165) is 16.5 Å². The zero-order valence-electron chi connectivity index (χ0n) is 19.4. The molecule has 2 aromatic heterocycles. The molecule has 7 nitrogen and oxygen atoms in total. The first-order chi connectivity index (χ1) is 16.2. The molecule has 0 radical (unpaired) electrons. The molecule has 0 N–H and O–H groups in total. The smallest absolute Gasteiger partial charge is 0.223 e. The van der Waals surface area contributed by atoms with Gasteiger partial charge in [0.15, 0.2) is 11.5 Å². The van der Waals surface area contributed by atoms with Crippen LogP contribution in [-0.2, 0) is 4.79 Å². The summed E-state index contributed by atoms with van der Waals surface area (Å²) in [6.45, 7) is 8.84. The summed E-state index contributed by atoms with van der Waals surface area (Å²) in [6, 6.07) is 13.2. The molecule has 1 amide bonds. The van der Waals surface area contributed by atoms with Gasteiger partial charge in [-0.25, -0.2) is 9.38 Å². The van der Waals surface area contributed by atoms with E-state index in [-0.39, 0.29) is 11.3 Å². The molecule has 1 fully saturated rings. The van der Waals surface area contributed by atoms with Crippen molar-refractivity contribution < 1.29 is 4.79 Å². The molecule has 0 unspecified atom stereocenters. The van der Waals surface area contributed by atoms with E-state index in [4.69, 9.17) is 28.2 Å². The number of amides is 1. The minimum absolute atomic E-state index is 0.0358. The Hall–Kier alpha value is -2.90. The van der Waals surface area contributed by atoms with Crippen LogP contribution in [0.5, 0.6) is 0 Å². The van der Waals surface area contributed by atoms with Gasteiger partial charge in [-0.2, -0.15) is 0 Å². The summed E-state index contributed by atoms with van der Waals surface area (Å²) in [5.41, 5.74) is 2.19. The number of halogens is 2. The molecule has 0 spiro atoms. The Kier molecular flexibility index (Phi) is 5.86. The van der Waals surface area contributed by atoms with E-state index in [1.807, 2.05) is 51.8 Å². The number of hydrogen-bond donors (Lipinski definition) is 0. The van der Waals surface area contributed by atoms with Gasteiger partial charge in [-0.15, -0.1) is 10.2 Å². The Bertz CT molecular complexity index is 1390. The van der Waals surface area contributed by atoms with Crippen LogP contribution in [0.3, 0.4) is 0 Å². The third-order valence-electron chi connectivity index (χ3n) is 6.00. The summed E-state index contributed by atoms with van der Waals surface area (Å²) >= 11 is 12.8. The zero-order valence-corrected chi connectivity index (χ0v) is 20.9. The Morgan fingerprint density at radius 3 is 2.44 bits per heavy atom. The number of anilines is 1. The molecule has 1 aliphatic rings. The molecule has 0 bridgehead atoms. The van der Waals surface area contributed by atoms with E-state index in [2.05, 4.69) is 35.9 Å². The van der Waals surface area contributed by atoms with Crippen LogP contribution in [0, 0.1) is 5.41 Å². The summed E-state index contributed by atoms with van der Waals surface area (Å²) in [6.07, 6.45) is 0.534. The zero-order chi connectivity index (χ0) is 24.0. The van der Waals surface area contributed by atoms with Crippen LogP contribution < -0.4 is 4.90 Å². The molecule has 3 heterocycles. The maximum Gasteiger partial charge on any atom is 0.223 e. The summed E-state index contributed by atoms with van der Waals surface area (Å²) in [7, 11) is 0. The lowest BCUT2D eigenvalue weighted by Gasteiger charge is -2.36. The summed E-state index contributed by atoms with van der Waals surface area (Å²) < 4.78 is 1.96. The number of benzene rings is 2. The van der Waals surface area contributed by atoms with Crippen molar-refractivity contribution in [1.29, 1.82) is 0 Å². The molecular weight excluding hydrogens is 471 g/mol. The molecular formula is C25H26Cl2N6O. The number of hydrogen-bond acceptors (Lipinski definition) is 5. The van der Waals surface area contributed by atoms with Crippen molar-refractivity contribution in [2.24, 2.45) is 5.41 Å². The van der Waals surface area contributed by atoms with Crippen molar-refractivity contribution in [3.8, 4) is 11.4 Å². The normalized spacial score (nSPS) is 14.9. The van der Waals surface area contributed by atoms with Crippen molar-refractivity contribution in [3.05, 3.63) is 52.5 Å². The quantitative estimate of drug-likeness (QED) is 0.383. The Balaban J connectivity index is 1.58. The third kappa shape index (κ3) is 4.30. The fourth-order valence-corrected chi connectivity index (χ4v) is 4.73. The largest absolute Gasteiger partial charge is 0.339 e. The predicted octanol–water partition coefficient (Wildman–Crippen LogP) is 5.34. The van der Waals surface area contributed by atoms with Crippen LogP contribution in [0.15, 0.2) is 42.5 Å². The maximum atomic E-state index is 12.8. The van der Waals surface area contributed by atoms with E-state index >= 15 is 0 Å². The van der Waals surface area contributed by atoms with E-state index in [0.29, 0.717) is 60.1 Å². The van der Waals surface area contributed by atoms with Crippen molar-refractivity contribution in [2.45, 2.75) is 27.2 Å². The van der Waals surface area contributed by atoms with Gasteiger partial charge >= 0.3 is 0 Å². The van der Waals surface area contributed by atoms with Crippen LogP contribution in [0.25, 0.3) is 27.9 Å². The molecule has 0 atom stereocenters. The molecule has 2 aromatic carbocycles. The number of fused-ring (bicyclic) bond motifs is 3. The Morgan fingerprint density at radius 2 is 1.74 bits per heavy atom. The lowest BCUT2D eigenvalue weighted by Crippen LogP contribution is -2.50. The molecule has 34 heavy (non-hydrogen) atoms. The second-order valence-corrected chi connectivity index (χ2v) is 10.7. The number of piperazine rings is 1. The van der Waals surface area contributed by atoms with Crippen molar-refractivity contribution in [2.75, 3.05) is 31.1 Å². The highest BCUT2D eigenvalue weighted by Crippen LogP contribution is 2.33. The molecule has 176 valence electrons. The summed E-state index contributed by atoms with van der Waals surface area (Å²) in [5.74, 6) is 1.54. The van der Waals surface area contributed by atoms with Crippen LogP contribution >= 0.6 is 23.2 Å². The number of aromatic nitrogens is 4. The van der Waals surface area contributed by atoms with Gasteiger partial charge in [-0.1, -0.05) is 56.1 Å². The van der Waals surface area contributed by atoms with Gasteiger partial charge in [-0.3, -0.25) is 4.79 Å². The monoisotopic (exact) mass is 496 g/mol. The van der Waals surface area contributed by atoms with Crippen molar-refractivity contribution in [3.63, 3.8) is 0 Å². The number of nitrogens with zero attached hydrogens (tertiary/aromatic N) is 6. The summed E-state index contributed by atoms with van der Waals surface area (Å²) in [4.78, 5) is 21.9. The SMILES string of the molecule is CC(C)(C)CC(=O)N1CCN(c2nc3cc(Cl)ccc3c3nnc(-c4ccccc4Cl)n23)CC1. The molecule has 1 aliphatic heterocycles. The van der Waals surface area contributed by atoms with Gasteiger partial charge in [0.2, 0.25) is 11.9 Å². The third-order valence-corrected chi connectivity index (χ3v) is 6.56. The first-order valence-corrected chi connectivity index (χ1v) is 12.1. The van der Waals surface area contributed by atoms with Crippen LogP contribution in [0.2, 0.25) is 10.0 Å². The second-order valence-electron chi connectivity index (χ2n) is 9.84. The molecule has 9 heteroatoms. The average Bonchev–Trinajstić information content (AvgIpc) is 3.23. The highest BCUT2D eigenvalue weighted by Gasteiger charge is 2.28. The molecule has 1 saturated heterocycles. The van der Waals surface area contributed by atoms with Gasteiger partial charge < -0.3 is 9.80 Å². The van der Waals surface area contributed by atoms with Gasteiger partial charge in [0.25, 0.3) is 0 Å². The molecule has 0 aliphatic carbocycles.